The fourth-order valence-corrected chi connectivity index (χ4v) is 2.30. The van der Waals surface area contributed by atoms with Crippen LogP contribution >= 0.6 is 11.3 Å². The predicted octanol–water partition coefficient (Wildman–Crippen LogP) is 3.33. The van der Waals surface area contributed by atoms with Crippen LogP contribution in [-0.2, 0) is 11.2 Å². The Kier molecular flexibility index (Phi) is 4.10. The quantitative estimate of drug-likeness (QED) is 0.916. The summed E-state index contributed by atoms with van der Waals surface area (Å²) in [6, 6.07) is 6.06. The molecule has 0 fully saturated rings. The second kappa shape index (κ2) is 5.78. The van der Waals surface area contributed by atoms with Gasteiger partial charge in [0.25, 0.3) is 0 Å². The largest absolute Gasteiger partial charge is 0.326 e. The Morgan fingerprint density at radius 2 is 2.22 bits per heavy atom. The van der Waals surface area contributed by atoms with Crippen LogP contribution < -0.4 is 5.32 Å². The number of hydrogen-bond acceptors (Lipinski definition) is 3. The van der Waals surface area contributed by atoms with Crippen molar-refractivity contribution < 1.29 is 4.79 Å². The van der Waals surface area contributed by atoms with E-state index < -0.39 is 0 Å². The summed E-state index contributed by atoms with van der Waals surface area (Å²) in [5.74, 6) is 0.0406. The van der Waals surface area contributed by atoms with Crippen LogP contribution in [0.15, 0.2) is 29.8 Å². The highest BCUT2D eigenvalue weighted by molar-refractivity contribution is 7.09. The van der Waals surface area contributed by atoms with Crippen molar-refractivity contribution in [2.75, 3.05) is 5.32 Å². The first-order valence-corrected chi connectivity index (χ1v) is 6.78. The van der Waals surface area contributed by atoms with Gasteiger partial charge in [-0.25, -0.2) is 4.98 Å². The number of nitrogens with one attached hydrogen (secondary N) is 1. The number of thiazole rings is 1. The van der Waals surface area contributed by atoms with Crippen molar-refractivity contribution >= 4 is 22.9 Å². The fourth-order valence-electron chi connectivity index (χ4n) is 1.68. The lowest BCUT2D eigenvalue weighted by molar-refractivity contribution is -0.116. The van der Waals surface area contributed by atoms with Crippen LogP contribution in [0.3, 0.4) is 0 Å². The van der Waals surface area contributed by atoms with Crippen molar-refractivity contribution in [2.45, 2.75) is 26.7 Å². The Labute approximate surface area is 111 Å². The molecule has 0 unspecified atom stereocenters. The number of nitrogens with zero attached hydrogens (tertiary/aromatic N) is 1. The van der Waals surface area contributed by atoms with Gasteiger partial charge in [0.1, 0.15) is 0 Å². The summed E-state index contributed by atoms with van der Waals surface area (Å²) in [6.07, 6.45) is 2.94. The van der Waals surface area contributed by atoms with Crippen LogP contribution in [0, 0.1) is 13.8 Å². The maximum atomic E-state index is 11.8. The summed E-state index contributed by atoms with van der Waals surface area (Å²) in [7, 11) is 0. The first-order valence-electron chi connectivity index (χ1n) is 5.90. The molecular weight excluding hydrogens is 244 g/mol. The first kappa shape index (κ1) is 12.8. The smallest absolute Gasteiger partial charge is 0.224 e. The van der Waals surface area contributed by atoms with E-state index in [1.54, 1.807) is 17.5 Å². The third-order valence-electron chi connectivity index (χ3n) is 2.72. The van der Waals surface area contributed by atoms with Crippen LogP contribution in [0.4, 0.5) is 5.69 Å². The molecule has 0 bridgehead atoms. The lowest BCUT2D eigenvalue weighted by Crippen LogP contribution is -2.13. The van der Waals surface area contributed by atoms with E-state index in [2.05, 4.69) is 10.3 Å². The minimum absolute atomic E-state index is 0.0406. The lowest BCUT2D eigenvalue weighted by Gasteiger charge is -2.08. The number of benzene rings is 1. The van der Waals surface area contributed by atoms with E-state index >= 15 is 0 Å². The number of amides is 1. The maximum Gasteiger partial charge on any atom is 0.224 e. The summed E-state index contributed by atoms with van der Waals surface area (Å²) in [5, 5.41) is 5.89. The van der Waals surface area contributed by atoms with Crippen molar-refractivity contribution in [1.29, 1.82) is 0 Å². The highest BCUT2D eigenvalue weighted by atomic mass is 32.1. The zero-order valence-electron chi connectivity index (χ0n) is 10.6. The Bertz CT molecular complexity index is 535. The molecule has 3 nitrogen and oxygen atoms in total. The monoisotopic (exact) mass is 260 g/mol. The fraction of sp³-hybridized carbons (Fsp3) is 0.286. The van der Waals surface area contributed by atoms with Gasteiger partial charge in [-0.15, -0.1) is 11.3 Å². The van der Waals surface area contributed by atoms with E-state index in [0.717, 1.165) is 21.8 Å². The van der Waals surface area contributed by atoms with Gasteiger partial charge in [-0.2, -0.15) is 0 Å². The molecule has 2 rings (SSSR count). The van der Waals surface area contributed by atoms with Crippen molar-refractivity contribution in [3.8, 4) is 0 Å². The van der Waals surface area contributed by atoms with Crippen molar-refractivity contribution in [2.24, 2.45) is 0 Å². The zero-order valence-corrected chi connectivity index (χ0v) is 11.4. The lowest BCUT2D eigenvalue weighted by atomic mass is 10.1. The van der Waals surface area contributed by atoms with Gasteiger partial charge in [-0.05, 0) is 31.0 Å². The molecule has 1 amide bonds. The maximum absolute atomic E-state index is 11.8. The summed E-state index contributed by atoms with van der Waals surface area (Å²) in [6.45, 7) is 4.01. The molecule has 0 aliphatic rings. The average Bonchev–Trinajstić information content (AvgIpc) is 2.84. The number of carbonyl (C=O) groups excluding carboxylic acids is 1. The van der Waals surface area contributed by atoms with Crippen molar-refractivity contribution in [1.82, 2.24) is 4.98 Å². The predicted molar refractivity (Wildman–Crippen MR) is 75.0 cm³/mol. The van der Waals surface area contributed by atoms with Crippen LogP contribution in [-0.4, -0.2) is 10.9 Å². The molecule has 1 aromatic carbocycles. The van der Waals surface area contributed by atoms with Gasteiger partial charge in [0.05, 0.1) is 5.01 Å². The average molecular weight is 260 g/mol. The Hall–Kier alpha value is -1.68. The SMILES string of the molecule is Cc1ccc(C)c(NC(=O)CCc2nccs2)c1. The molecule has 18 heavy (non-hydrogen) atoms. The van der Waals surface area contributed by atoms with Gasteiger partial charge in [0.2, 0.25) is 5.91 Å². The standard InChI is InChI=1S/C14H16N2OS/c1-10-3-4-11(2)12(9-10)16-13(17)5-6-14-15-7-8-18-14/h3-4,7-9H,5-6H2,1-2H3,(H,16,17). The van der Waals surface area contributed by atoms with Crippen molar-refractivity contribution in [3.63, 3.8) is 0 Å². The Morgan fingerprint density at radius 1 is 1.39 bits per heavy atom. The van der Waals surface area contributed by atoms with Gasteiger partial charge >= 0.3 is 0 Å². The minimum Gasteiger partial charge on any atom is -0.326 e. The van der Waals surface area contributed by atoms with Gasteiger partial charge < -0.3 is 5.32 Å². The van der Waals surface area contributed by atoms with Crippen molar-refractivity contribution in [3.05, 3.63) is 45.9 Å². The molecule has 0 saturated carbocycles. The molecule has 0 spiro atoms. The number of carbonyl (C=O) groups is 1. The summed E-state index contributed by atoms with van der Waals surface area (Å²) >= 11 is 1.59. The van der Waals surface area contributed by atoms with Gasteiger partial charge in [0, 0.05) is 30.1 Å². The summed E-state index contributed by atoms with van der Waals surface area (Å²) < 4.78 is 0. The third kappa shape index (κ3) is 3.40. The van der Waals surface area contributed by atoms with E-state index in [4.69, 9.17) is 0 Å². The molecule has 0 aliphatic carbocycles. The first-order chi connectivity index (χ1) is 8.65. The van der Waals surface area contributed by atoms with Gasteiger partial charge in [-0.3, -0.25) is 4.79 Å². The molecule has 0 radical (unpaired) electrons. The van der Waals surface area contributed by atoms with Crippen LogP contribution in [0.5, 0.6) is 0 Å². The summed E-state index contributed by atoms with van der Waals surface area (Å²) in [5.41, 5.74) is 3.14. The normalized spacial score (nSPS) is 10.3. The molecule has 1 heterocycles. The molecule has 0 aliphatic heterocycles. The molecule has 2 aromatic rings. The van der Waals surface area contributed by atoms with Crippen LogP contribution in [0.1, 0.15) is 22.6 Å². The Morgan fingerprint density at radius 3 is 2.94 bits per heavy atom. The van der Waals surface area contributed by atoms with Gasteiger partial charge in [0.15, 0.2) is 0 Å². The minimum atomic E-state index is 0.0406. The molecule has 1 N–H and O–H groups in total. The molecule has 1 aromatic heterocycles. The highest BCUT2D eigenvalue weighted by Gasteiger charge is 2.06. The Balaban J connectivity index is 1.92. The number of aromatic nitrogens is 1. The van der Waals surface area contributed by atoms with Crippen LogP contribution in [0.25, 0.3) is 0 Å². The van der Waals surface area contributed by atoms with Crippen LogP contribution in [0.2, 0.25) is 0 Å². The van der Waals surface area contributed by atoms with E-state index in [-0.39, 0.29) is 5.91 Å². The van der Waals surface area contributed by atoms with E-state index in [0.29, 0.717) is 12.8 Å². The van der Waals surface area contributed by atoms with Gasteiger partial charge in [-0.1, -0.05) is 12.1 Å². The number of anilines is 1. The second-order valence-corrected chi connectivity index (χ2v) is 5.27. The highest BCUT2D eigenvalue weighted by Crippen LogP contribution is 2.17. The van der Waals surface area contributed by atoms with E-state index in [1.165, 1.54) is 0 Å². The number of hydrogen-bond donors (Lipinski definition) is 1. The van der Waals surface area contributed by atoms with E-state index in [1.807, 2.05) is 37.4 Å². The molecule has 0 saturated heterocycles. The third-order valence-corrected chi connectivity index (χ3v) is 3.56. The second-order valence-electron chi connectivity index (χ2n) is 4.29. The summed E-state index contributed by atoms with van der Waals surface area (Å²) in [4.78, 5) is 16.0. The molecule has 4 heteroatoms. The molecular formula is C14H16N2OS. The van der Waals surface area contributed by atoms with E-state index in [9.17, 15) is 4.79 Å². The number of aryl methyl sites for hydroxylation is 3. The topological polar surface area (TPSA) is 42.0 Å². The molecule has 0 atom stereocenters. The molecule has 94 valence electrons. The number of rotatable bonds is 4. The zero-order chi connectivity index (χ0) is 13.0.